The fourth-order valence-corrected chi connectivity index (χ4v) is 2.98. The van der Waals surface area contributed by atoms with Crippen LogP contribution < -0.4 is 5.73 Å². The summed E-state index contributed by atoms with van der Waals surface area (Å²) < 4.78 is 0. The first-order valence-corrected chi connectivity index (χ1v) is 6.98. The lowest BCUT2D eigenvalue weighted by molar-refractivity contribution is 0.305. The highest BCUT2D eigenvalue weighted by atomic mass is 35.5. The van der Waals surface area contributed by atoms with Crippen molar-refractivity contribution in [2.45, 2.75) is 39.3 Å². The van der Waals surface area contributed by atoms with E-state index >= 15 is 0 Å². The van der Waals surface area contributed by atoms with Crippen LogP contribution in [-0.2, 0) is 13.0 Å². The molecule has 1 aliphatic heterocycles. The lowest BCUT2D eigenvalue weighted by Crippen LogP contribution is -2.29. The first-order valence-electron chi connectivity index (χ1n) is 6.10. The van der Waals surface area contributed by atoms with Gasteiger partial charge in [0.15, 0.2) is 0 Å². The molecule has 2 heterocycles. The molecular weight excluding hydrogens is 254 g/mol. The van der Waals surface area contributed by atoms with Crippen LogP contribution in [0.1, 0.15) is 31.0 Å². The minimum atomic E-state index is 0. The Morgan fingerprint density at radius 2 is 2.41 bits per heavy atom. The van der Waals surface area contributed by atoms with Crippen molar-refractivity contribution in [1.29, 1.82) is 0 Å². The van der Waals surface area contributed by atoms with Crippen LogP contribution in [0.25, 0.3) is 0 Å². The molecule has 0 amide bonds. The number of nitrogens with two attached hydrogens (primary N) is 1. The van der Waals surface area contributed by atoms with E-state index in [1.807, 2.05) is 0 Å². The topological polar surface area (TPSA) is 42.2 Å². The number of hydrogen-bond donors (Lipinski definition) is 1. The summed E-state index contributed by atoms with van der Waals surface area (Å²) in [7, 11) is 0. The monoisotopic (exact) mass is 275 g/mol. The second kappa shape index (κ2) is 6.69. The molecule has 1 aromatic rings. The molecular formula is C12H22ClN3S. The van der Waals surface area contributed by atoms with Gasteiger partial charge in [0.05, 0.1) is 10.7 Å². The Balaban J connectivity index is 0.00000144. The van der Waals surface area contributed by atoms with Gasteiger partial charge in [-0.15, -0.1) is 23.7 Å². The number of thiazole rings is 1. The van der Waals surface area contributed by atoms with Crippen LogP contribution in [-0.4, -0.2) is 29.0 Å². The summed E-state index contributed by atoms with van der Waals surface area (Å²) in [4.78, 5) is 7.08. The van der Waals surface area contributed by atoms with Gasteiger partial charge >= 0.3 is 0 Å². The molecule has 17 heavy (non-hydrogen) atoms. The number of rotatable bonds is 4. The van der Waals surface area contributed by atoms with Crippen LogP contribution in [0.4, 0.5) is 0 Å². The highest BCUT2D eigenvalue weighted by Crippen LogP contribution is 2.21. The zero-order valence-electron chi connectivity index (χ0n) is 10.6. The number of halogens is 1. The maximum atomic E-state index is 5.94. The standard InChI is InChI=1S/C12H21N3S.ClH/c1-3-12-14-11(8-16-12)7-15-5-4-10(6-15)9(2)13;/h8-10H,3-7,13H2,1-2H3;1H. The van der Waals surface area contributed by atoms with Crippen LogP contribution in [0.3, 0.4) is 0 Å². The normalized spacial score (nSPS) is 22.4. The quantitative estimate of drug-likeness (QED) is 0.917. The molecule has 2 atom stereocenters. The molecule has 2 unspecified atom stereocenters. The van der Waals surface area contributed by atoms with Crippen molar-refractivity contribution in [2.24, 2.45) is 11.7 Å². The second-order valence-corrected chi connectivity index (χ2v) is 5.67. The van der Waals surface area contributed by atoms with Gasteiger partial charge in [-0.25, -0.2) is 4.98 Å². The SMILES string of the molecule is CCc1nc(CN2CCC(C(C)N)C2)cs1.Cl. The van der Waals surface area contributed by atoms with Gasteiger partial charge in [0.25, 0.3) is 0 Å². The fraction of sp³-hybridized carbons (Fsp3) is 0.750. The van der Waals surface area contributed by atoms with E-state index in [1.54, 1.807) is 11.3 Å². The maximum Gasteiger partial charge on any atom is 0.0926 e. The third kappa shape index (κ3) is 3.91. The van der Waals surface area contributed by atoms with Crippen LogP contribution in [0.2, 0.25) is 0 Å². The van der Waals surface area contributed by atoms with Crippen molar-refractivity contribution in [3.8, 4) is 0 Å². The molecule has 1 aliphatic rings. The largest absolute Gasteiger partial charge is 0.328 e. The third-order valence-electron chi connectivity index (χ3n) is 3.34. The van der Waals surface area contributed by atoms with E-state index in [1.165, 1.54) is 23.7 Å². The molecule has 98 valence electrons. The Kier molecular flexibility index (Phi) is 5.86. The van der Waals surface area contributed by atoms with E-state index in [4.69, 9.17) is 5.73 Å². The minimum Gasteiger partial charge on any atom is -0.328 e. The van der Waals surface area contributed by atoms with Gasteiger partial charge in [-0.2, -0.15) is 0 Å². The minimum absolute atomic E-state index is 0. The molecule has 0 bridgehead atoms. The smallest absolute Gasteiger partial charge is 0.0926 e. The number of aromatic nitrogens is 1. The molecule has 1 saturated heterocycles. The summed E-state index contributed by atoms with van der Waals surface area (Å²) in [5.41, 5.74) is 7.17. The molecule has 0 radical (unpaired) electrons. The van der Waals surface area contributed by atoms with Gasteiger partial charge in [0, 0.05) is 24.5 Å². The maximum absolute atomic E-state index is 5.94. The van der Waals surface area contributed by atoms with Crippen LogP contribution >= 0.6 is 23.7 Å². The van der Waals surface area contributed by atoms with Crippen molar-refractivity contribution in [2.75, 3.05) is 13.1 Å². The Morgan fingerprint density at radius 1 is 1.65 bits per heavy atom. The Hall–Kier alpha value is -0.160. The van der Waals surface area contributed by atoms with E-state index in [9.17, 15) is 0 Å². The van der Waals surface area contributed by atoms with Gasteiger partial charge < -0.3 is 5.73 Å². The fourth-order valence-electron chi connectivity index (χ4n) is 2.25. The number of aryl methyl sites for hydroxylation is 1. The van der Waals surface area contributed by atoms with E-state index in [-0.39, 0.29) is 12.4 Å². The highest BCUT2D eigenvalue weighted by Gasteiger charge is 2.25. The number of likely N-dealkylation sites (tertiary alicyclic amines) is 1. The summed E-state index contributed by atoms with van der Waals surface area (Å²) in [6, 6.07) is 0.326. The van der Waals surface area contributed by atoms with Gasteiger partial charge in [-0.05, 0) is 32.2 Å². The summed E-state index contributed by atoms with van der Waals surface area (Å²) in [6.07, 6.45) is 2.29. The molecule has 0 aromatic carbocycles. The zero-order chi connectivity index (χ0) is 11.5. The van der Waals surface area contributed by atoms with Crippen molar-refractivity contribution in [3.05, 3.63) is 16.1 Å². The first-order chi connectivity index (χ1) is 7.69. The molecule has 1 aromatic heterocycles. The predicted molar refractivity (Wildman–Crippen MR) is 75.8 cm³/mol. The van der Waals surface area contributed by atoms with Crippen LogP contribution in [0.5, 0.6) is 0 Å². The lowest BCUT2D eigenvalue weighted by Gasteiger charge is -2.16. The molecule has 3 nitrogen and oxygen atoms in total. The van der Waals surface area contributed by atoms with E-state index in [0.29, 0.717) is 12.0 Å². The number of hydrogen-bond acceptors (Lipinski definition) is 4. The summed E-state index contributed by atoms with van der Waals surface area (Å²) in [6.45, 7) is 7.58. The average molecular weight is 276 g/mol. The van der Waals surface area contributed by atoms with Crippen LogP contribution in [0.15, 0.2) is 5.38 Å². The molecule has 2 rings (SSSR count). The van der Waals surface area contributed by atoms with Crippen LogP contribution in [0, 0.1) is 5.92 Å². The first kappa shape index (κ1) is 14.9. The average Bonchev–Trinajstić information content (AvgIpc) is 2.87. The van der Waals surface area contributed by atoms with E-state index in [2.05, 4.69) is 29.1 Å². The van der Waals surface area contributed by atoms with E-state index < -0.39 is 0 Å². The summed E-state index contributed by atoms with van der Waals surface area (Å²) in [5, 5.41) is 3.44. The second-order valence-electron chi connectivity index (χ2n) is 4.73. The Morgan fingerprint density at radius 3 is 2.94 bits per heavy atom. The Labute approximate surface area is 114 Å². The molecule has 0 spiro atoms. The van der Waals surface area contributed by atoms with Crippen molar-refractivity contribution in [1.82, 2.24) is 9.88 Å². The van der Waals surface area contributed by atoms with Gasteiger partial charge in [-0.1, -0.05) is 6.92 Å². The van der Waals surface area contributed by atoms with Gasteiger partial charge in [0.2, 0.25) is 0 Å². The molecule has 5 heteroatoms. The molecule has 1 fully saturated rings. The highest BCUT2D eigenvalue weighted by molar-refractivity contribution is 7.09. The summed E-state index contributed by atoms with van der Waals surface area (Å²) >= 11 is 1.78. The van der Waals surface area contributed by atoms with Gasteiger partial charge in [-0.3, -0.25) is 4.90 Å². The third-order valence-corrected chi connectivity index (χ3v) is 4.38. The van der Waals surface area contributed by atoms with Crippen molar-refractivity contribution in [3.63, 3.8) is 0 Å². The molecule has 0 saturated carbocycles. The van der Waals surface area contributed by atoms with Gasteiger partial charge in [0.1, 0.15) is 0 Å². The van der Waals surface area contributed by atoms with Crippen molar-refractivity contribution < 1.29 is 0 Å². The lowest BCUT2D eigenvalue weighted by atomic mass is 10.0. The Bertz CT molecular complexity index is 340. The predicted octanol–water partition coefficient (Wildman–Crippen LogP) is 2.30. The zero-order valence-corrected chi connectivity index (χ0v) is 12.2. The molecule has 2 N–H and O–H groups in total. The van der Waals surface area contributed by atoms with Crippen molar-refractivity contribution >= 4 is 23.7 Å². The van der Waals surface area contributed by atoms with E-state index in [0.717, 1.165) is 19.5 Å². The summed E-state index contributed by atoms with van der Waals surface area (Å²) in [5.74, 6) is 0.671. The number of nitrogens with zero attached hydrogens (tertiary/aromatic N) is 2. The molecule has 0 aliphatic carbocycles.